The van der Waals surface area contributed by atoms with Crippen molar-refractivity contribution in [2.75, 3.05) is 6.54 Å². The lowest BCUT2D eigenvalue weighted by molar-refractivity contribution is -0.131. The Bertz CT molecular complexity index is 904. The van der Waals surface area contributed by atoms with E-state index in [2.05, 4.69) is 28.2 Å². The maximum atomic E-state index is 12.8. The van der Waals surface area contributed by atoms with Crippen LogP contribution in [0.1, 0.15) is 21.7 Å². The van der Waals surface area contributed by atoms with Crippen LogP contribution in [-0.4, -0.2) is 27.3 Å². The Morgan fingerprint density at radius 3 is 2.84 bits per heavy atom. The molecule has 0 radical (unpaired) electrons. The Labute approximate surface area is 151 Å². The Balaban J connectivity index is 1.49. The van der Waals surface area contributed by atoms with Crippen LogP contribution < -0.4 is 0 Å². The fourth-order valence-electron chi connectivity index (χ4n) is 3.16. The summed E-state index contributed by atoms with van der Waals surface area (Å²) in [6, 6.07) is 12.3. The normalized spacial score (nSPS) is 13.6. The first-order chi connectivity index (χ1) is 12.2. The molecule has 0 N–H and O–H groups in total. The van der Waals surface area contributed by atoms with E-state index in [1.54, 1.807) is 17.5 Å². The Morgan fingerprint density at radius 2 is 2.04 bits per heavy atom. The van der Waals surface area contributed by atoms with Crippen molar-refractivity contribution in [1.82, 2.24) is 14.9 Å². The number of aryl methyl sites for hydroxylation is 1. The summed E-state index contributed by atoms with van der Waals surface area (Å²) in [6.45, 7) is 3.48. The lowest BCUT2D eigenvalue weighted by Gasteiger charge is -2.28. The largest absolute Gasteiger partial charge is 0.338 e. The van der Waals surface area contributed by atoms with Gasteiger partial charge in [0.15, 0.2) is 0 Å². The molecule has 1 aromatic carbocycles. The average Bonchev–Trinajstić information content (AvgIpc) is 3.02. The molecule has 4 nitrogen and oxygen atoms in total. The van der Waals surface area contributed by atoms with Crippen LogP contribution >= 0.6 is 11.3 Å². The van der Waals surface area contributed by atoms with E-state index >= 15 is 0 Å². The van der Waals surface area contributed by atoms with Crippen molar-refractivity contribution in [3.05, 3.63) is 70.5 Å². The molecule has 0 saturated heterocycles. The van der Waals surface area contributed by atoms with Crippen molar-refractivity contribution in [3.8, 4) is 10.6 Å². The zero-order valence-electron chi connectivity index (χ0n) is 14.1. The molecule has 0 atom stereocenters. The van der Waals surface area contributed by atoms with Crippen LogP contribution in [0, 0.1) is 6.92 Å². The third-order valence-corrected chi connectivity index (χ3v) is 5.80. The number of benzene rings is 1. The molecule has 0 saturated carbocycles. The second-order valence-electron chi connectivity index (χ2n) is 6.28. The topological polar surface area (TPSA) is 46.1 Å². The molecule has 1 aliphatic heterocycles. The molecule has 2 aromatic heterocycles. The summed E-state index contributed by atoms with van der Waals surface area (Å²) < 4.78 is 0. The van der Waals surface area contributed by atoms with Crippen LogP contribution in [0.25, 0.3) is 10.6 Å². The van der Waals surface area contributed by atoms with Gasteiger partial charge in [0.25, 0.3) is 0 Å². The molecule has 0 fully saturated rings. The average molecular weight is 349 g/mol. The number of rotatable bonds is 3. The first-order valence-corrected chi connectivity index (χ1v) is 9.23. The van der Waals surface area contributed by atoms with Gasteiger partial charge in [-0.25, -0.2) is 4.98 Å². The van der Waals surface area contributed by atoms with Crippen molar-refractivity contribution in [2.24, 2.45) is 0 Å². The molecule has 0 bridgehead atoms. The van der Waals surface area contributed by atoms with Gasteiger partial charge in [0, 0.05) is 35.9 Å². The summed E-state index contributed by atoms with van der Waals surface area (Å²) in [5.74, 6) is 0.180. The number of fused-ring (bicyclic) bond motifs is 1. The highest BCUT2D eigenvalue weighted by Crippen LogP contribution is 2.28. The van der Waals surface area contributed by atoms with Crippen LogP contribution in [0.3, 0.4) is 0 Å². The van der Waals surface area contributed by atoms with Crippen molar-refractivity contribution in [1.29, 1.82) is 0 Å². The number of carbonyl (C=O) groups is 1. The molecule has 3 aromatic rings. The van der Waals surface area contributed by atoms with Crippen LogP contribution in [0.2, 0.25) is 0 Å². The van der Waals surface area contributed by atoms with Gasteiger partial charge in [0.1, 0.15) is 5.01 Å². The minimum absolute atomic E-state index is 0.180. The maximum Gasteiger partial charge on any atom is 0.228 e. The fraction of sp³-hybridized carbons (Fsp3) is 0.250. The fourth-order valence-corrected chi connectivity index (χ4v) is 4.21. The smallest absolute Gasteiger partial charge is 0.228 e. The SMILES string of the molecule is Cc1nc(-c2cccnc2)sc1CC(=O)N1CCc2ccccc2C1. The highest BCUT2D eigenvalue weighted by atomic mass is 32.1. The first-order valence-electron chi connectivity index (χ1n) is 8.42. The summed E-state index contributed by atoms with van der Waals surface area (Å²) in [7, 11) is 0. The number of hydrogen-bond donors (Lipinski definition) is 0. The molecule has 0 unspecified atom stereocenters. The van der Waals surface area contributed by atoms with E-state index in [1.165, 1.54) is 11.1 Å². The van der Waals surface area contributed by atoms with Crippen molar-refractivity contribution in [2.45, 2.75) is 26.3 Å². The number of thiazole rings is 1. The van der Waals surface area contributed by atoms with Crippen LogP contribution in [0.4, 0.5) is 0 Å². The third kappa shape index (κ3) is 3.33. The summed E-state index contributed by atoms with van der Waals surface area (Å²) in [4.78, 5) is 24.5. The van der Waals surface area contributed by atoms with E-state index in [4.69, 9.17) is 0 Å². The second kappa shape index (κ2) is 6.76. The number of nitrogens with zero attached hydrogens (tertiary/aromatic N) is 3. The molecule has 126 valence electrons. The van der Waals surface area contributed by atoms with E-state index in [-0.39, 0.29) is 5.91 Å². The molecule has 1 amide bonds. The Kier molecular flexibility index (Phi) is 4.32. The number of hydrogen-bond acceptors (Lipinski definition) is 4. The lowest BCUT2D eigenvalue weighted by Crippen LogP contribution is -2.36. The second-order valence-corrected chi connectivity index (χ2v) is 7.36. The molecule has 3 heterocycles. The Hall–Kier alpha value is -2.53. The number of carbonyl (C=O) groups excluding carboxylic acids is 1. The zero-order chi connectivity index (χ0) is 17.2. The van der Waals surface area contributed by atoms with Gasteiger partial charge in [-0.05, 0) is 36.6 Å². The van der Waals surface area contributed by atoms with Crippen LogP contribution in [-0.2, 0) is 24.2 Å². The molecule has 5 heteroatoms. The standard InChI is InChI=1S/C20H19N3OS/c1-14-18(25-20(22-14)16-7-4-9-21-12-16)11-19(24)23-10-8-15-5-2-3-6-17(15)13-23/h2-7,9,12H,8,10-11,13H2,1H3. The van der Waals surface area contributed by atoms with E-state index in [0.717, 1.165) is 34.1 Å². The van der Waals surface area contributed by atoms with E-state index in [9.17, 15) is 4.79 Å². The monoisotopic (exact) mass is 349 g/mol. The van der Waals surface area contributed by atoms with E-state index in [1.807, 2.05) is 36.2 Å². The van der Waals surface area contributed by atoms with Gasteiger partial charge in [0.05, 0.1) is 12.1 Å². The summed E-state index contributed by atoms with van der Waals surface area (Å²) in [6.07, 6.45) is 4.92. The molecule has 1 aliphatic rings. The van der Waals surface area contributed by atoms with Gasteiger partial charge in [-0.1, -0.05) is 24.3 Å². The van der Waals surface area contributed by atoms with E-state index < -0.39 is 0 Å². The summed E-state index contributed by atoms with van der Waals surface area (Å²) in [5.41, 5.74) is 4.56. The van der Waals surface area contributed by atoms with Gasteiger partial charge in [-0.15, -0.1) is 11.3 Å². The highest BCUT2D eigenvalue weighted by molar-refractivity contribution is 7.15. The van der Waals surface area contributed by atoms with Crippen LogP contribution in [0.15, 0.2) is 48.8 Å². The van der Waals surface area contributed by atoms with Crippen LogP contribution in [0.5, 0.6) is 0 Å². The van der Waals surface area contributed by atoms with Crippen molar-refractivity contribution in [3.63, 3.8) is 0 Å². The minimum Gasteiger partial charge on any atom is -0.338 e. The quantitative estimate of drug-likeness (QED) is 0.725. The van der Waals surface area contributed by atoms with Gasteiger partial charge in [-0.3, -0.25) is 9.78 Å². The van der Waals surface area contributed by atoms with Crippen molar-refractivity contribution < 1.29 is 4.79 Å². The molecular formula is C20H19N3OS. The predicted octanol–water partition coefficient (Wildman–Crippen LogP) is 3.64. The first kappa shape index (κ1) is 16.0. The molecule has 0 spiro atoms. The number of amides is 1. The third-order valence-electron chi connectivity index (χ3n) is 4.60. The lowest BCUT2D eigenvalue weighted by atomic mass is 10.00. The number of aromatic nitrogens is 2. The number of pyridine rings is 1. The minimum atomic E-state index is 0.180. The highest BCUT2D eigenvalue weighted by Gasteiger charge is 2.22. The molecule has 25 heavy (non-hydrogen) atoms. The molecule has 4 rings (SSSR count). The molecule has 0 aliphatic carbocycles. The van der Waals surface area contributed by atoms with Gasteiger partial charge >= 0.3 is 0 Å². The zero-order valence-corrected chi connectivity index (χ0v) is 14.9. The van der Waals surface area contributed by atoms with Gasteiger partial charge in [0.2, 0.25) is 5.91 Å². The van der Waals surface area contributed by atoms with Crippen molar-refractivity contribution >= 4 is 17.2 Å². The predicted molar refractivity (Wildman–Crippen MR) is 99.3 cm³/mol. The van der Waals surface area contributed by atoms with Gasteiger partial charge in [-0.2, -0.15) is 0 Å². The summed E-state index contributed by atoms with van der Waals surface area (Å²) >= 11 is 1.59. The Morgan fingerprint density at radius 1 is 1.20 bits per heavy atom. The van der Waals surface area contributed by atoms with E-state index in [0.29, 0.717) is 13.0 Å². The summed E-state index contributed by atoms with van der Waals surface area (Å²) in [5, 5.41) is 0.928. The maximum absolute atomic E-state index is 12.8. The van der Waals surface area contributed by atoms with Gasteiger partial charge < -0.3 is 4.90 Å². The molecular weight excluding hydrogens is 330 g/mol.